The number of carbonyl (C=O) groups excluding carboxylic acids is 1. The van der Waals surface area contributed by atoms with Gasteiger partial charge in [-0.2, -0.15) is 0 Å². The van der Waals surface area contributed by atoms with Crippen molar-refractivity contribution in [2.45, 2.75) is 25.7 Å². The molecule has 124 valence electrons. The van der Waals surface area contributed by atoms with E-state index in [2.05, 4.69) is 15.0 Å². The van der Waals surface area contributed by atoms with Crippen LogP contribution in [0.1, 0.15) is 25.7 Å². The average molecular weight is 352 g/mol. The van der Waals surface area contributed by atoms with E-state index < -0.39 is 11.2 Å². The van der Waals surface area contributed by atoms with Crippen LogP contribution in [0, 0.1) is 0 Å². The number of amides is 1. The molecule has 0 saturated heterocycles. The highest BCUT2D eigenvalue weighted by Crippen LogP contribution is 2.24. The number of nitrogens with one attached hydrogen (secondary N) is 2. The molecule has 8 heteroatoms. The lowest BCUT2D eigenvalue weighted by molar-refractivity contribution is -0.116. The van der Waals surface area contributed by atoms with E-state index in [0.717, 1.165) is 30.5 Å². The minimum absolute atomic E-state index is 0.0330. The third-order valence-electron chi connectivity index (χ3n) is 3.15. The van der Waals surface area contributed by atoms with Crippen LogP contribution < -0.4 is 15.2 Å². The summed E-state index contributed by atoms with van der Waals surface area (Å²) >= 11 is -0.0336. The Morgan fingerprint density at radius 2 is 2.00 bits per heavy atom. The van der Waals surface area contributed by atoms with Gasteiger partial charge in [0.05, 0.1) is 5.69 Å². The van der Waals surface area contributed by atoms with Crippen molar-refractivity contribution < 1.29 is 9.00 Å². The number of hydrogen-bond donors (Lipinski definition) is 3. The molecule has 0 radical (unpaired) electrons. The van der Waals surface area contributed by atoms with Gasteiger partial charge in [-0.3, -0.25) is 4.79 Å². The van der Waals surface area contributed by atoms with Crippen LogP contribution in [0.2, 0.25) is 0 Å². The zero-order valence-electron chi connectivity index (χ0n) is 12.7. The van der Waals surface area contributed by atoms with Crippen molar-refractivity contribution in [2.24, 2.45) is 5.14 Å². The van der Waals surface area contributed by atoms with E-state index >= 15 is 0 Å². The van der Waals surface area contributed by atoms with Gasteiger partial charge in [-0.15, -0.1) is 11.3 Å². The van der Waals surface area contributed by atoms with Crippen LogP contribution in [0.5, 0.6) is 0 Å². The van der Waals surface area contributed by atoms with Gasteiger partial charge >= 0.3 is 0 Å². The van der Waals surface area contributed by atoms with Crippen LogP contribution in [0.15, 0.2) is 35.7 Å². The Morgan fingerprint density at radius 1 is 1.22 bits per heavy atom. The van der Waals surface area contributed by atoms with Crippen molar-refractivity contribution in [3.63, 3.8) is 0 Å². The molecule has 0 aliphatic heterocycles. The number of unbranched alkanes of at least 4 members (excludes halogenated alkanes) is 2. The number of rotatable bonds is 9. The van der Waals surface area contributed by atoms with Crippen LogP contribution in [0.25, 0.3) is 11.3 Å². The summed E-state index contributed by atoms with van der Waals surface area (Å²) in [6, 6.07) is 9.86. The number of nitrogens with two attached hydrogens (primary N) is 1. The van der Waals surface area contributed by atoms with Gasteiger partial charge in [0, 0.05) is 23.9 Å². The molecule has 1 amide bonds. The molecule has 6 nitrogen and oxygen atoms in total. The smallest absolute Gasteiger partial charge is 0.226 e. The zero-order chi connectivity index (χ0) is 16.5. The first-order valence-corrected chi connectivity index (χ1v) is 9.45. The lowest BCUT2D eigenvalue weighted by Gasteiger charge is -2.02. The largest absolute Gasteiger partial charge is 0.302 e. The molecule has 0 saturated carbocycles. The molecule has 0 bridgehead atoms. The maximum atomic E-state index is 11.9. The molecular formula is C15H20N4O2S2. The maximum absolute atomic E-state index is 11.9. The molecule has 4 N–H and O–H groups in total. The number of benzene rings is 1. The maximum Gasteiger partial charge on any atom is 0.226 e. The van der Waals surface area contributed by atoms with E-state index in [1.54, 1.807) is 0 Å². The Labute approximate surface area is 142 Å². The zero-order valence-corrected chi connectivity index (χ0v) is 14.3. The molecule has 0 aliphatic carbocycles. The van der Waals surface area contributed by atoms with Gasteiger partial charge in [0.1, 0.15) is 0 Å². The van der Waals surface area contributed by atoms with E-state index in [0.29, 0.717) is 18.1 Å². The van der Waals surface area contributed by atoms with Gasteiger partial charge in [0.25, 0.3) is 0 Å². The molecule has 1 aromatic heterocycles. The fourth-order valence-electron chi connectivity index (χ4n) is 2.01. The van der Waals surface area contributed by atoms with Crippen LogP contribution in [-0.4, -0.2) is 21.6 Å². The number of anilines is 1. The highest BCUT2D eigenvalue weighted by Gasteiger charge is 2.07. The van der Waals surface area contributed by atoms with Crippen LogP contribution in [0.4, 0.5) is 5.13 Å². The fourth-order valence-corrected chi connectivity index (χ4v) is 3.10. The number of aromatic nitrogens is 1. The quantitative estimate of drug-likeness (QED) is 0.605. The Bertz CT molecular complexity index is 646. The van der Waals surface area contributed by atoms with Crippen molar-refractivity contribution in [3.8, 4) is 11.3 Å². The van der Waals surface area contributed by atoms with Crippen molar-refractivity contribution in [2.75, 3.05) is 11.9 Å². The van der Waals surface area contributed by atoms with Crippen molar-refractivity contribution in [3.05, 3.63) is 35.7 Å². The normalized spacial score (nSPS) is 12.0. The molecule has 1 atom stereocenters. The van der Waals surface area contributed by atoms with Gasteiger partial charge in [-0.25, -0.2) is 19.1 Å². The number of nitrogens with zero attached hydrogens (tertiary/aromatic N) is 1. The molecule has 0 spiro atoms. The predicted molar refractivity (Wildman–Crippen MR) is 95.0 cm³/mol. The van der Waals surface area contributed by atoms with Crippen LogP contribution in [0.3, 0.4) is 0 Å². The second kappa shape index (κ2) is 9.51. The highest BCUT2D eigenvalue weighted by atomic mass is 32.2. The molecule has 1 aromatic carbocycles. The summed E-state index contributed by atoms with van der Waals surface area (Å²) in [5, 5.41) is 10.5. The van der Waals surface area contributed by atoms with Crippen molar-refractivity contribution >= 4 is 33.5 Å². The molecule has 1 heterocycles. The SMILES string of the molecule is NS(=O)NCCCCCC(=O)Nc1nc(-c2ccccc2)cs1. The summed E-state index contributed by atoms with van der Waals surface area (Å²) in [6.07, 6.45) is 2.95. The van der Waals surface area contributed by atoms with Gasteiger partial charge in [0.15, 0.2) is 16.3 Å². The van der Waals surface area contributed by atoms with Crippen LogP contribution >= 0.6 is 11.3 Å². The third kappa shape index (κ3) is 6.57. The van der Waals surface area contributed by atoms with Gasteiger partial charge < -0.3 is 5.32 Å². The van der Waals surface area contributed by atoms with Crippen LogP contribution in [-0.2, 0) is 16.0 Å². The number of hydrogen-bond acceptors (Lipinski definition) is 4. The van der Waals surface area contributed by atoms with E-state index in [9.17, 15) is 9.00 Å². The summed E-state index contributed by atoms with van der Waals surface area (Å²) in [5.74, 6) is -0.0330. The first-order chi connectivity index (χ1) is 11.1. The van der Waals surface area contributed by atoms with Crippen molar-refractivity contribution in [1.29, 1.82) is 0 Å². The van der Waals surface area contributed by atoms with E-state index in [1.807, 2.05) is 35.7 Å². The molecule has 23 heavy (non-hydrogen) atoms. The van der Waals surface area contributed by atoms with E-state index in [-0.39, 0.29) is 5.91 Å². The van der Waals surface area contributed by atoms with Gasteiger partial charge in [-0.05, 0) is 12.8 Å². The second-order valence-electron chi connectivity index (χ2n) is 4.95. The van der Waals surface area contributed by atoms with E-state index in [4.69, 9.17) is 5.14 Å². The number of carbonyl (C=O) groups is 1. The highest BCUT2D eigenvalue weighted by molar-refractivity contribution is 7.80. The molecular weight excluding hydrogens is 332 g/mol. The average Bonchev–Trinajstić information content (AvgIpc) is 3.00. The molecule has 0 aliphatic rings. The first kappa shape index (κ1) is 17.7. The Hall–Kier alpha value is -1.61. The van der Waals surface area contributed by atoms with Gasteiger partial charge in [0.2, 0.25) is 5.91 Å². The second-order valence-corrected chi connectivity index (χ2v) is 6.70. The summed E-state index contributed by atoms with van der Waals surface area (Å²) in [7, 11) is 0. The summed E-state index contributed by atoms with van der Waals surface area (Å²) < 4.78 is 13.2. The van der Waals surface area contributed by atoms with Crippen molar-refractivity contribution in [1.82, 2.24) is 9.71 Å². The Balaban J connectivity index is 1.70. The molecule has 0 fully saturated rings. The Kier molecular flexibility index (Phi) is 7.34. The Morgan fingerprint density at radius 3 is 2.74 bits per heavy atom. The summed E-state index contributed by atoms with van der Waals surface area (Å²) in [4.78, 5) is 16.3. The number of thiazole rings is 1. The predicted octanol–water partition coefficient (Wildman–Crippen LogP) is 2.44. The standard InChI is InChI=1S/C15H20N4O2S2/c16-23(21)17-10-6-2-5-9-14(20)19-15-18-13(11-22-15)12-7-3-1-4-8-12/h1,3-4,7-8,11,17H,2,5-6,9-10,16H2,(H,18,19,20). The minimum Gasteiger partial charge on any atom is -0.302 e. The lowest BCUT2D eigenvalue weighted by atomic mass is 10.2. The molecule has 2 rings (SSSR count). The first-order valence-electron chi connectivity index (χ1n) is 7.35. The summed E-state index contributed by atoms with van der Waals surface area (Å²) in [6.45, 7) is 0.595. The minimum atomic E-state index is -1.46. The lowest BCUT2D eigenvalue weighted by Crippen LogP contribution is -2.24. The van der Waals surface area contributed by atoms with Gasteiger partial charge in [-0.1, -0.05) is 36.8 Å². The summed E-state index contributed by atoms with van der Waals surface area (Å²) in [5.41, 5.74) is 1.90. The monoisotopic (exact) mass is 352 g/mol. The van der Waals surface area contributed by atoms with E-state index in [1.165, 1.54) is 11.3 Å². The molecule has 2 aromatic rings. The third-order valence-corrected chi connectivity index (χ3v) is 4.39. The molecule has 1 unspecified atom stereocenters. The topological polar surface area (TPSA) is 97.1 Å². The fraction of sp³-hybridized carbons (Fsp3) is 0.333.